The predicted octanol–water partition coefficient (Wildman–Crippen LogP) is 5.31. The highest BCUT2D eigenvalue weighted by Gasteiger charge is 2.16. The molecule has 0 fully saturated rings. The maximum atomic E-state index is 14.7. The summed E-state index contributed by atoms with van der Waals surface area (Å²) in [5, 5.41) is 15.1. The van der Waals surface area contributed by atoms with Crippen molar-refractivity contribution in [2.45, 2.75) is 0 Å². The lowest BCUT2D eigenvalue weighted by atomic mass is 10.1. The molecule has 0 aliphatic carbocycles. The summed E-state index contributed by atoms with van der Waals surface area (Å²) in [4.78, 5) is 21.1. The smallest absolute Gasteiger partial charge is 0.255 e. The van der Waals surface area contributed by atoms with E-state index in [4.69, 9.17) is 26.3 Å². The summed E-state index contributed by atoms with van der Waals surface area (Å²) in [7, 11) is 3.02. The number of fused-ring (bicyclic) bond motifs is 1. The van der Waals surface area contributed by atoms with Crippen LogP contribution in [0.1, 0.15) is 15.9 Å². The van der Waals surface area contributed by atoms with Crippen molar-refractivity contribution in [1.82, 2.24) is 9.97 Å². The molecule has 0 radical (unpaired) electrons. The molecule has 0 aliphatic heterocycles. The molecule has 2 N–H and O–H groups in total. The number of methoxy groups -OCH3 is 2. The van der Waals surface area contributed by atoms with Gasteiger partial charge in [0.05, 0.1) is 47.8 Å². The number of halogens is 2. The van der Waals surface area contributed by atoms with Gasteiger partial charge in [-0.05, 0) is 42.5 Å². The summed E-state index contributed by atoms with van der Waals surface area (Å²) in [5.41, 5.74) is 1.52. The van der Waals surface area contributed by atoms with Crippen LogP contribution < -0.4 is 20.1 Å². The van der Waals surface area contributed by atoms with E-state index in [-0.39, 0.29) is 16.4 Å². The second kappa shape index (κ2) is 9.60. The van der Waals surface area contributed by atoms with Crippen LogP contribution in [0.3, 0.4) is 0 Å². The first-order valence-corrected chi connectivity index (χ1v) is 10.3. The number of aromatic nitrogens is 2. The fourth-order valence-corrected chi connectivity index (χ4v) is 3.44. The molecular formula is C24H17ClFN5O3. The third-order valence-electron chi connectivity index (χ3n) is 4.97. The van der Waals surface area contributed by atoms with Crippen molar-refractivity contribution in [2.24, 2.45) is 0 Å². The molecule has 0 spiro atoms. The Morgan fingerprint density at radius 3 is 2.41 bits per heavy atom. The first kappa shape index (κ1) is 22.8. The number of carbonyl (C=O) groups excluding carboxylic acids is 1. The lowest BCUT2D eigenvalue weighted by Crippen LogP contribution is -2.12. The molecule has 0 aliphatic rings. The number of nitrogens with one attached hydrogen (secondary N) is 2. The van der Waals surface area contributed by atoms with Crippen molar-refractivity contribution in [3.8, 4) is 17.6 Å². The maximum absolute atomic E-state index is 14.7. The van der Waals surface area contributed by atoms with Gasteiger partial charge in [-0.1, -0.05) is 11.6 Å². The van der Waals surface area contributed by atoms with E-state index in [1.165, 1.54) is 50.9 Å². The van der Waals surface area contributed by atoms with Gasteiger partial charge in [0, 0.05) is 17.0 Å². The normalized spacial score (nSPS) is 10.4. The molecule has 170 valence electrons. The van der Waals surface area contributed by atoms with E-state index in [9.17, 15) is 9.18 Å². The Labute approximate surface area is 198 Å². The Hall–Kier alpha value is -4.42. The molecule has 4 aromatic rings. The zero-order chi connectivity index (χ0) is 24.2. The van der Waals surface area contributed by atoms with Crippen LogP contribution in [0.2, 0.25) is 5.02 Å². The SMILES string of the molecule is COc1cc2ncnc(Nc3cc(NC(=O)c4ccc(C#N)cc4)c(Cl)cc3F)c2cc1OC. The third-order valence-corrected chi connectivity index (χ3v) is 5.29. The zero-order valence-electron chi connectivity index (χ0n) is 18.0. The van der Waals surface area contributed by atoms with Crippen molar-refractivity contribution in [3.05, 3.63) is 76.8 Å². The molecule has 4 rings (SSSR count). The van der Waals surface area contributed by atoms with Gasteiger partial charge in [0.2, 0.25) is 0 Å². The van der Waals surface area contributed by atoms with Crippen molar-refractivity contribution < 1.29 is 18.7 Å². The summed E-state index contributed by atoms with van der Waals surface area (Å²) in [6.07, 6.45) is 1.33. The molecule has 1 aromatic heterocycles. The van der Waals surface area contributed by atoms with Crippen molar-refractivity contribution >= 4 is 45.6 Å². The molecule has 0 saturated heterocycles. The number of carbonyl (C=O) groups is 1. The van der Waals surface area contributed by atoms with Crippen LogP contribution in [0, 0.1) is 17.1 Å². The van der Waals surface area contributed by atoms with Gasteiger partial charge in [-0.3, -0.25) is 4.79 Å². The molecule has 0 atom stereocenters. The summed E-state index contributed by atoms with van der Waals surface area (Å²) < 4.78 is 25.4. The van der Waals surface area contributed by atoms with E-state index >= 15 is 0 Å². The molecule has 8 nitrogen and oxygen atoms in total. The number of rotatable bonds is 6. The second-order valence-electron chi connectivity index (χ2n) is 7.03. The molecule has 0 unspecified atom stereocenters. The monoisotopic (exact) mass is 477 g/mol. The Balaban J connectivity index is 1.67. The highest BCUT2D eigenvalue weighted by Crippen LogP contribution is 2.36. The topological polar surface area (TPSA) is 109 Å². The van der Waals surface area contributed by atoms with Crippen LogP contribution in [-0.4, -0.2) is 30.1 Å². The molecule has 0 saturated carbocycles. The molecule has 1 amide bonds. The van der Waals surface area contributed by atoms with Gasteiger partial charge in [-0.15, -0.1) is 0 Å². The van der Waals surface area contributed by atoms with Gasteiger partial charge in [-0.25, -0.2) is 14.4 Å². The quantitative estimate of drug-likeness (QED) is 0.387. The largest absolute Gasteiger partial charge is 0.493 e. The van der Waals surface area contributed by atoms with Crippen molar-refractivity contribution in [3.63, 3.8) is 0 Å². The van der Waals surface area contributed by atoms with Crippen molar-refractivity contribution in [2.75, 3.05) is 24.9 Å². The summed E-state index contributed by atoms with van der Waals surface area (Å²) in [6.45, 7) is 0. The van der Waals surface area contributed by atoms with E-state index in [1.54, 1.807) is 12.1 Å². The third kappa shape index (κ3) is 4.53. The standard InChI is InChI=1S/C24H17ClFN5O3/c1-33-21-7-15-18(10-22(21)34-2)28-12-29-23(15)30-20-9-19(16(25)8-17(20)26)31-24(32)14-5-3-13(11-27)4-6-14/h3-10,12H,1-2H3,(H,31,32)(H,28,29,30). The first-order valence-electron chi connectivity index (χ1n) is 9.87. The molecule has 1 heterocycles. The maximum Gasteiger partial charge on any atom is 0.255 e. The predicted molar refractivity (Wildman–Crippen MR) is 126 cm³/mol. The molecule has 0 bridgehead atoms. The minimum atomic E-state index is -0.645. The number of ether oxygens (including phenoxy) is 2. The van der Waals surface area contributed by atoms with Gasteiger partial charge >= 0.3 is 0 Å². The number of nitrogens with zero attached hydrogens (tertiary/aromatic N) is 3. The fraction of sp³-hybridized carbons (Fsp3) is 0.0833. The zero-order valence-corrected chi connectivity index (χ0v) is 18.8. The van der Waals surface area contributed by atoms with Gasteiger partial charge in [0.25, 0.3) is 5.91 Å². The Morgan fingerprint density at radius 2 is 1.74 bits per heavy atom. The highest BCUT2D eigenvalue weighted by atomic mass is 35.5. The number of anilines is 3. The second-order valence-corrected chi connectivity index (χ2v) is 7.43. The molecule has 3 aromatic carbocycles. The van der Waals surface area contributed by atoms with Crippen molar-refractivity contribution in [1.29, 1.82) is 5.26 Å². The Bertz CT molecular complexity index is 1440. The number of amides is 1. The van der Waals surface area contributed by atoms with Crippen LogP contribution in [-0.2, 0) is 0 Å². The van der Waals surface area contributed by atoms with Gasteiger partial charge in [-0.2, -0.15) is 5.26 Å². The van der Waals surface area contributed by atoms with Gasteiger partial charge in [0.1, 0.15) is 18.0 Å². The van der Waals surface area contributed by atoms with E-state index < -0.39 is 11.7 Å². The van der Waals surface area contributed by atoms with Crippen LogP contribution >= 0.6 is 11.6 Å². The first-order chi connectivity index (χ1) is 16.4. The van der Waals surface area contributed by atoms with Crippen LogP contribution in [0.25, 0.3) is 10.9 Å². The van der Waals surface area contributed by atoms with Crippen LogP contribution in [0.15, 0.2) is 54.9 Å². The minimum Gasteiger partial charge on any atom is -0.493 e. The summed E-state index contributed by atoms with van der Waals surface area (Å²) in [6, 6.07) is 13.9. The Morgan fingerprint density at radius 1 is 1.03 bits per heavy atom. The van der Waals surface area contributed by atoms with Gasteiger partial charge in [0.15, 0.2) is 11.5 Å². The number of hydrogen-bond donors (Lipinski definition) is 2. The highest BCUT2D eigenvalue weighted by molar-refractivity contribution is 6.34. The van der Waals surface area contributed by atoms with E-state index in [2.05, 4.69) is 20.6 Å². The lowest BCUT2D eigenvalue weighted by molar-refractivity contribution is 0.102. The average molecular weight is 478 g/mol. The average Bonchev–Trinajstić information content (AvgIpc) is 2.86. The van der Waals surface area contributed by atoms with E-state index in [0.717, 1.165) is 6.07 Å². The number of hydrogen-bond acceptors (Lipinski definition) is 7. The van der Waals surface area contributed by atoms with Crippen LogP contribution in [0.5, 0.6) is 11.5 Å². The number of nitriles is 1. The molecule has 10 heteroatoms. The Kier molecular flexibility index (Phi) is 6.43. The minimum absolute atomic E-state index is 0.0176. The summed E-state index contributed by atoms with van der Waals surface area (Å²) >= 11 is 6.17. The fourth-order valence-electron chi connectivity index (χ4n) is 3.24. The summed E-state index contributed by atoms with van der Waals surface area (Å²) in [5.74, 6) is 0.156. The lowest BCUT2D eigenvalue weighted by Gasteiger charge is -2.14. The molecular weight excluding hydrogens is 461 g/mol. The number of benzene rings is 3. The molecule has 34 heavy (non-hydrogen) atoms. The van der Waals surface area contributed by atoms with Crippen LogP contribution in [0.4, 0.5) is 21.6 Å². The van der Waals surface area contributed by atoms with E-state index in [0.29, 0.717) is 39.3 Å². The van der Waals surface area contributed by atoms with E-state index in [1.807, 2.05) is 6.07 Å². The van der Waals surface area contributed by atoms with Gasteiger partial charge < -0.3 is 20.1 Å².